The highest BCUT2D eigenvalue weighted by Crippen LogP contribution is 2.31. The molecule has 0 aliphatic heterocycles. The van der Waals surface area contributed by atoms with Crippen LogP contribution in [0.4, 0.5) is 0 Å². The third kappa shape index (κ3) is 2.44. The SMILES string of the molecule is CN(C)C(=O)c1cnc(Cl)c(OC2CC2)c1. The van der Waals surface area contributed by atoms with E-state index in [1.807, 2.05) is 0 Å². The Morgan fingerprint density at radius 3 is 2.81 bits per heavy atom. The van der Waals surface area contributed by atoms with Gasteiger partial charge in [-0.05, 0) is 18.9 Å². The predicted octanol–water partition coefficient (Wildman–Crippen LogP) is 1.98. The topological polar surface area (TPSA) is 42.4 Å². The van der Waals surface area contributed by atoms with Crippen LogP contribution in [0.15, 0.2) is 12.3 Å². The highest BCUT2D eigenvalue weighted by atomic mass is 35.5. The van der Waals surface area contributed by atoms with Gasteiger partial charge < -0.3 is 9.64 Å². The van der Waals surface area contributed by atoms with Gasteiger partial charge in [0.15, 0.2) is 10.9 Å². The molecule has 0 atom stereocenters. The van der Waals surface area contributed by atoms with E-state index in [2.05, 4.69) is 4.98 Å². The van der Waals surface area contributed by atoms with Crippen LogP contribution < -0.4 is 4.74 Å². The van der Waals surface area contributed by atoms with Gasteiger partial charge in [0.1, 0.15) is 0 Å². The van der Waals surface area contributed by atoms with E-state index in [9.17, 15) is 4.79 Å². The van der Waals surface area contributed by atoms with Crippen molar-refractivity contribution in [1.29, 1.82) is 0 Å². The van der Waals surface area contributed by atoms with E-state index in [-0.39, 0.29) is 12.0 Å². The molecule has 0 saturated heterocycles. The molecule has 0 spiro atoms. The highest BCUT2D eigenvalue weighted by Gasteiger charge is 2.25. The second-order valence-electron chi connectivity index (χ2n) is 4.03. The first kappa shape index (κ1) is 11.2. The number of nitrogens with zero attached hydrogens (tertiary/aromatic N) is 2. The van der Waals surface area contributed by atoms with E-state index >= 15 is 0 Å². The zero-order valence-electron chi connectivity index (χ0n) is 9.24. The summed E-state index contributed by atoms with van der Waals surface area (Å²) in [4.78, 5) is 17.1. The molecule has 0 unspecified atom stereocenters. The second kappa shape index (κ2) is 4.29. The molecule has 1 aromatic heterocycles. The normalized spacial score (nSPS) is 14.7. The molecule has 1 amide bonds. The first-order chi connectivity index (χ1) is 7.58. The van der Waals surface area contributed by atoms with Crippen molar-refractivity contribution < 1.29 is 9.53 Å². The molecule has 1 aliphatic rings. The number of halogens is 1. The standard InChI is InChI=1S/C11H13ClN2O2/c1-14(2)11(15)7-5-9(10(12)13-6-7)16-8-3-4-8/h5-6,8H,3-4H2,1-2H3. The Hall–Kier alpha value is -1.29. The van der Waals surface area contributed by atoms with Gasteiger partial charge in [0.2, 0.25) is 0 Å². The van der Waals surface area contributed by atoms with E-state index in [0.717, 1.165) is 12.8 Å². The maximum atomic E-state index is 11.7. The van der Waals surface area contributed by atoms with Gasteiger partial charge >= 0.3 is 0 Å². The number of hydrogen-bond acceptors (Lipinski definition) is 3. The van der Waals surface area contributed by atoms with Crippen LogP contribution in [0.25, 0.3) is 0 Å². The number of pyridine rings is 1. The summed E-state index contributed by atoms with van der Waals surface area (Å²) in [6.45, 7) is 0. The van der Waals surface area contributed by atoms with Crippen LogP contribution in [0, 0.1) is 0 Å². The average molecular weight is 241 g/mol. The smallest absolute Gasteiger partial charge is 0.255 e. The molecule has 2 rings (SSSR count). The predicted molar refractivity (Wildman–Crippen MR) is 60.9 cm³/mol. The van der Waals surface area contributed by atoms with Crippen LogP contribution in [-0.4, -0.2) is 36.0 Å². The van der Waals surface area contributed by atoms with Gasteiger partial charge in [0, 0.05) is 20.3 Å². The molecule has 1 aliphatic carbocycles. The van der Waals surface area contributed by atoms with Crippen LogP contribution in [0.2, 0.25) is 5.15 Å². The minimum atomic E-state index is -0.107. The second-order valence-corrected chi connectivity index (χ2v) is 4.39. The number of hydrogen-bond donors (Lipinski definition) is 0. The summed E-state index contributed by atoms with van der Waals surface area (Å²) in [6, 6.07) is 1.65. The summed E-state index contributed by atoms with van der Waals surface area (Å²) < 4.78 is 5.56. The lowest BCUT2D eigenvalue weighted by Gasteiger charge is -2.12. The molecular formula is C11H13ClN2O2. The van der Waals surface area contributed by atoms with Crippen molar-refractivity contribution in [2.75, 3.05) is 14.1 Å². The van der Waals surface area contributed by atoms with Crippen LogP contribution in [0.3, 0.4) is 0 Å². The number of aromatic nitrogens is 1. The fourth-order valence-corrected chi connectivity index (χ4v) is 1.40. The van der Waals surface area contributed by atoms with Crippen LogP contribution >= 0.6 is 11.6 Å². The average Bonchev–Trinajstić information content (AvgIpc) is 3.04. The Bertz CT molecular complexity index is 416. The summed E-state index contributed by atoms with van der Waals surface area (Å²) in [7, 11) is 3.39. The van der Waals surface area contributed by atoms with Crippen molar-refractivity contribution in [3.05, 3.63) is 23.0 Å². The van der Waals surface area contributed by atoms with Gasteiger partial charge in [0.25, 0.3) is 5.91 Å². The summed E-state index contributed by atoms with van der Waals surface area (Å²) in [5, 5.41) is 0.308. The van der Waals surface area contributed by atoms with Crippen LogP contribution in [0.5, 0.6) is 5.75 Å². The molecular weight excluding hydrogens is 228 g/mol. The van der Waals surface area contributed by atoms with Gasteiger partial charge in [-0.2, -0.15) is 0 Å². The Morgan fingerprint density at radius 2 is 2.25 bits per heavy atom. The first-order valence-corrected chi connectivity index (χ1v) is 5.49. The third-order valence-corrected chi connectivity index (χ3v) is 2.56. The monoisotopic (exact) mass is 240 g/mol. The van der Waals surface area contributed by atoms with Gasteiger partial charge in [-0.3, -0.25) is 4.79 Å². The van der Waals surface area contributed by atoms with Crippen molar-refractivity contribution in [2.24, 2.45) is 0 Å². The fourth-order valence-electron chi connectivity index (χ4n) is 1.25. The first-order valence-electron chi connectivity index (χ1n) is 5.12. The fraction of sp³-hybridized carbons (Fsp3) is 0.455. The van der Waals surface area contributed by atoms with E-state index < -0.39 is 0 Å². The van der Waals surface area contributed by atoms with Crippen LogP contribution in [0.1, 0.15) is 23.2 Å². The summed E-state index contributed by atoms with van der Waals surface area (Å²) in [6.07, 6.45) is 3.79. The lowest BCUT2D eigenvalue weighted by Crippen LogP contribution is -2.21. The van der Waals surface area contributed by atoms with Crippen molar-refractivity contribution >= 4 is 17.5 Å². The third-order valence-electron chi connectivity index (χ3n) is 2.28. The molecule has 1 heterocycles. The molecule has 1 aromatic rings. The van der Waals surface area contributed by atoms with Crippen molar-refractivity contribution in [1.82, 2.24) is 9.88 Å². The largest absolute Gasteiger partial charge is 0.487 e. The summed E-state index contributed by atoms with van der Waals surface area (Å²) >= 11 is 5.89. The highest BCUT2D eigenvalue weighted by molar-refractivity contribution is 6.30. The Balaban J connectivity index is 2.23. The Kier molecular flexibility index (Phi) is 3.01. The minimum absolute atomic E-state index is 0.107. The molecule has 16 heavy (non-hydrogen) atoms. The molecule has 0 radical (unpaired) electrons. The minimum Gasteiger partial charge on any atom is -0.487 e. The summed E-state index contributed by atoms with van der Waals surface area (Å²) in [5.41, 5.74) is 0.491. The van der Waals surface area contributed by atoms with E-state index in [1.165, 1.54) is 11.1 Å². The molecule has 0 bridgehead atoms. The van der Waals surface area contributed by atoms with Crippen molar-refractivity contribution in [2.45, 2.75) is 18.9 Å². The quantitative estimate of drug-likeness (QED) is 0.759. The zero-order chi connectivity index (χ0) is 11.7. The van der Waals surface area contributed by atoms with E-state index in [4.69, 9.17) is 16.3 Å². The number of rotatable bonds is 3. The Morgan fingerprint density at radius 1 is 1.56 bits per heavy atom. The Labute approximate surface area is 99.2 Å². The maximum Gasteiger partial charge on any atom is 0.255 e. The molecule has 1 saturated carbocycles. The van der Waals surface area contributed by atoms with Gasteiger partial charge in [-0.1, -0.05) is 11.6 Å². The maximum absolute atomic E-state index is 11.7. The zero-order valence-corrected chi connectivity index (χ0v) is 9.99. The van der Waals surface area contributed by atoms with E-state index in [0.29, 0.717) is 16.5 Å². The molecule has 4 nitrogen and oxygen atoms in total. The number of amides is 1. The van der Waals surface area contributed by atoms with Crippen molar-refractivity contribution in [3.63, 3.8) is 0 Å². The van der Waals surface area contributed by atoms with Gasteiger partial charge in [-0.25, -0.2) is 4.98 Å². The van der Waals surface area contributed by atoms with E-state index in [1.54, 1.807) is 20.2 Å². The molecule has 1 fully saturated rings. The van der Waals surface area contributed by atoms with Crippen LogP contribution in [-0.2, 0) is 0 Å². The van der Waals surface area contributed by atoms with Gasteiger partial charge in [-0.15, -0.1) is 0 Å². The van der Waals surface area contributed by atoms with Gasteiger partial charge in [0.05, 0.1) is 11.7 Å². The summed E-state index contributed by atoms with van der Waals surface area (Å²) in [5.74, 6) is 0.390. The lowest BCUT2D eigenvalue weighted by molar-refractivity contribution is 0.0826. The molecule has 0 aromatic carbocycles. The number of carbonyl (C=O) groups excluding carboxylic acids is 1. The van der Waals surface area contributed by atoms with Crippen molar-refractivity contribution in [3.8, 4) is 5.75 Å². The molecule has 5 heteroatoms. The molecule has 0 N–H and O–H groups in total. The lowest BCUT2D eigenvalue weighted by atomic mass is 10.2. The number of ether oxygens (including phenoxy) is 1. The molecule has 86 valence electrons. The number of carbonyl (C=O) groups is 1.